The van der Waals surface area contributed by atoms with Gasteiger partial charge in [-0.15, -0.1) is 0 Å². The van der Waals surface area contributed by atoms with E-state index < -0.39 is 18.9 Å². The van der Waals surface area contributed by atoms with Gasteiger partial charge in [0.2, 0.25) is 6.79 Å². The molecule has 0 amide bonds. The van der Waals surface area contributed by atoms with Crippen LogP contribution in [0.2, 0.25) is 0 Å². The molecular weight excluding hydrogens is 346 g/mol. The van der Waals surface area contributed by atoms with Crippen molar-refractivity contribution in [2.24, 2.45) is 0 Å². The molecule has 0 spiro atoms. The van der Waals surface area contributed by atoms with Crippen LogP contribution >= 0.6 is 0 Å². The summed E-state index contributed by atoms with van der Waals surface area (Å²) < 4.78 is 11.6. The Labute approximate surface area is 157 Å². The molecule has 0 aliphatic carbocycles. The average Bonchev–Trinajstić information content (AvgIpc) is 3.06. The van der Waals surface area contributed by atoms with Crippen molar-refractivity contribution in [3.8, 4) is 0 Å². The number of fused-ring (bicyclic) bond motifs is 1. The third-order valence-electron chi connectivity index (χ3n) is 4.26. The lowest BCUT2D eigenvalue weighted by Gasteiger charge is -2.10. The molecule has 0 fully saturated rings. The van der Waals surface area contributed by atoms with Gasteiger partial charge in [-0.05, 0) is 38.3 Å². The third kappa shape index (κ3) is 4.57. The topological polar surface area (TPSA) is 72.8 Å². The number of ether oxygens (including phenoxy) is 2. The molecule has 2 heterocycles. The van der Waals surface area contributed by atoms with Crippen molar-refractivity contribution in [1.29, 1.82) is 0 Å². The summed E-state index contributed by atoms with van der Waals surface area (Å²) in [5.74, 6) is -0.510. The molecule has 1 aromatic carbocycles. The van der Waals surface area contributed by atoms with Crippen molar-refractivity contribution in [3.05, 3.63) is 60.1 Å². The number of dihydropyridines is 1. The number of esters is 1. The molecule has 0 unspecified atom stereocenters. The number of rotatable bonds is 6. The number of nitrogens with zero attached hydrogens (tertiary/aromatic N) is 2. The number of nitrogens with one attached hydrogen (secondary N) is 1. The van der Waals surface area contributed by atoms with E-state index in [0.29, 0.717) is 12.0 Å². The molecule has 0 saturated carbocycles. The first-order chi connectivity index (χ1) is 13.1. The highest BCUT2D eigenvalue weighted by Gasteiger charge is 2.16. The van der Waals surface area contributed by atoms with Gasteiger partial charge >= 0.3 is 12.1 Å². The van der Waals surface area contributed by atoms with E-state index in [4.69, 9.17) is 9.47 Å². The smallest absolute Gasteiger partial charge is 0.421 e. The van der Waals surface area contributed by atoms with E-state index >= 15 is 0 Å². The van der Waals surface area contributed by atoms with Crippen LogP contribution in [0.4, 0.5) is 4.79 Å². The number of allylic oxidation sites excluding steroid dienone is 1. The van der Waals surface area contributed by atoms with Gasteiger partial charge in [-0.25, -0.2) is 9.59 Å². The fraction of sp³-hybridized carbons (Fsp3) is 0.300. The van der Waals surface area contributed by atoms with Gasteiger partial charge in [-0.3, -0.25) is 4.57 Å². The zero-order valence-electron chi connectivity index (χ0n) is 15.5. The summed E-state index contributed by atoms with van der Waals surface area (Å²) in [5, 5.41) is 3.84. The fourth-order valence-corrected chi connectivity index (χ4v) is 2.84. The summed E-state index contributed by atoms with van der Waals surface area (Å²) in [7, 11) is 4.02. The number of aromatic nitrogens is 1. The van der Waals surface area contributed by atoms with Crippen molar-refractivity contribution < 1.29 is 19.1 Å². The van der Waals surface area contributed by atoms with Crippen molar-refractivity contribution in [2.75, 3.05) is 27.4 Å². The second kappa shape index (κ2) is 8.55. The van der Waals surface area contributed by atoms with E-state index in [9.17, 15) is 9.59 Å². The molecule has 1 aliphatic heterocycles. The van der Waals surface area contributed by atoms with Gasteiger partial charge < -0.3 is 19.7 Å². The molecule has 0 bridgehead atoms. The van der Waals surface area contributed by atoms with Crippen LogP contribution in [0.3, 0.4) is 0 Å². The standard InChI is InChI=1S/C20H23N3O4/c1-22(2)11-9-16-13-23(18-8-4-3-7-17(16)18)20(25)27-14-26-19(24)15-6-5-10-21-12-15/h3-5,7-8,10,12-13,21H,6,9,11,14H2,1-2H3. The number of hydrogen-bond donors (Lipinski definition) is 1. The van der Waals surface area contributed by atoms with Crippen molar-refractivity contribution >= 4 is 23.0 Å². The lowest BCUT2D eigenvalue weighted by Crippen LogP contribution is -2.19. The normalized spacial score (nSPS) is 13.4. The van der Waals surface area contributed by atoms with Crippen molar-refractivity contribution in [1.82, 2.24) is 14.8 Å². The summed E-state index contributed by atoms with van der Waals surface area (Å²) >= 11 is 0. The lowest BCUT2D eigenvalue weighted by atomic mass is 10.1. The first-order valence-corrected chi connectivity index (χ1v) is 8.74. The minimum absolute atomic E-state index is 0.432. The SMILES string of the molecule is CN(C)CCc1cn(C(=O)OCOC(=O)C2=CNC=CC2)c2ccccc12. The molecule has 0 saturated heterocycles. The molecule has 7 nitrogen and oxygen atoms in total. The second-order valence-corrected chi connectivity index (χ2v) is 6.50. The van der Waals surface area contributed by atoms with Gasteiger partial charge in [-0.1, -0.05) is 24.3 Å². The lowest BCUT2D eigenvalue weighted by molar-refractivity contribution is -0.147. The zero-order valence-corrected chi connectivity index (χ0v) is 15.5. The Hall–Kier alpha value is -3.06. The van der Waals surface area contributed by atoms with E-state index in [1.54, 1.807) is 18.6 Å². The van der Waals surface area contributed by atoms with Gasteiger partial charge in [0, 0.05) is 30.7 Å². The Morgan fingerprint density at radius 2 is 2.04 bits per heavy atom. The Bertz CT molecular complexity index is 896. The Balaban J connectivity index is 1.65. The van der Waals surface area contributed by atoms with Crippen molar-refractivity contribution in [3.63, 3.8) is 0 Å². The van der Waals surface area contributed by atoms with Gasteiger partial charge in [0.15, 0.2) is 0 Å². The highest BCUT2D eigenvalue weighted by atomic mass is 16.7. The minimum Gasteiger partial charge on any atom is -0.424 e. The molecule has 0 atom stereocenters. The number of para-hydroxylation sites is 1. The maximum atomic E-state index is 12.5. The highest BCUT2D eigenvalue weighted by Crippen LogP contribution is 2.22. The van der Waals surface area contributed by atoms with Crippen LogP contribution in [0.5, 0.6) is 0 Å². The van der Waals surface area contributed by atoms with E-state index in [-0.39, 0.29) is 0 Å². The molecule has 1 aromatic heterocycles. The van der Waals surface area contributed by atoms with Crippen LogP contribution in [-0.4, -0.2) is 49.0 Å². The molecule has 2 aromatic rings. The molecule has 27 heavy (non-hydrogen) atoms. The maximum Gasteiger partial charge on any atom is 0.421 e. The highest BCUT2D eigenvalue weighted by molar-refractivity contribution is 5.92. The minimum atomic E-state index is -0.578. The molecule has 0 radical (unpaired) electrons. The van der Waals surface area contributed by atoms with E-state index in [1.165, 1.54) is 4.57 Å². The van der Waals surface area contributed by atoms with Gasteiger partial charge in [0.25, 0.3) is 0 Å². The van der Waals surface area contributed by atoms with Crippen LogP contribution in [0.1, 0.15) is 12.0 Å². The Morgan fingerprint density at radius 1 is 1.22 bits per heavy atom. The predicted molar refractivity (Wildman–Crippen MR) is 102 cm³/mol. The second-order valence-electron chi connectivity index (χ2n) is 6.50. The summed E-state index contributed by atoms with van der Waals surface area (Å²) in [6.45, 7) is 0.441. The third-order valence-corrected chi connectivity index (χ3v) is 4.26. The van der Waals surface area contributed by atoms with Crippen molar-refractivity contribution in [2.45, 2.75) is 12.8 Å². The quantitative estimate of drug-likeness (QED) is 0.623. The van der Waals surface area contributed by atoms with Crippen LogP contribution in [-0.2, 0) is 20.7 Å². The summed E-state index contributed by atoms with van der Waals surface area (Å²) in [6, 6.07) is 7.67. The first-order valence-electron chi connectivity index (χ1n) is 8.74. The van der Waals surface area contributed by atoms with Crippen LogP contribution < -0.4 is 5.32 Å². The Kier molecular flexibility index (Phi) is 5.93. The summed E-state index contributed by atoms with van der Waals surface area (Å²) in [5.41, 5.74) is 2.32. The molecule has 142 valence electrons. The van der Waals surface area contributed by atoms with Crippen LogP contribution in [0, 0.1) is 0 Å². The van der Waals surface area contributed by atoms with E-state index in [1.807, 2.05) is 44.4 Å². The molecule has 7 heteroatoms. The number of carbonyl (C=O) groups is 2. The van der Waals surface area contributed by atoms with Gasteiger partial charge in [-0.2, -0.15) is 0 Å². The maximum absolute atomic E-state index is 12.5. The molecular formula is C20H23N3O4. The summed E-state index contributed by atoms with van der Waals surface area (Å²) in [6.07, 6.45) is 7.63. The number of benzene rings is 1. The predicted octanol–water partition coefficient (Wildman–Crippen LogP) is 2.62. The molecule has 1 N–H and O–H groups in total. The van der Waals surface area contributed by atoms with E-state index in [2.05, 4.69) is 10.2 Å². The summed E-state index contributed by atoms with van der Waals surface area (Å²) in [4.78, 5) is 26.5. The van der Waals surface area contributed by atoms with E-state index in [0.717, 1.165) is 29.4 Å². The number of carbonyl (C=O) groups excluding carboxylic acids is 2. The zero-order chi connectivity index (χ0) is 19.2. The fourth-order valence-electron chi connectivity index (χ4n) is 2.84. The first kappa shape index (κ1) is 18.7. The molecule has 3 rings (SSSR count). The monoisotopic (exact) mass is 369 g/mol. The number of likely N-dealkylation sites (N-methyl/N-ethyl adjacent to an activating group) is 1. The number of hydrogen-bond acceptors (Lipinski definition) is 6. The molecule has 1 aliphatic rings. The van der Waals surface area contributed by atoms with Crippen LogP contribution in [0.15, 0.2) is 54.5 Å². The Morgan fingerprint density at radius 3 is 2.78 bits per heavy atom. The van der Waals surface area contributed by atoms with Gasteiger partial charge in [0.1, 0.15) is 0 Å². The van der Waals surface area contributed by atoms with Crippen LogP contribution in [0.25, 0.3) is 10.9 Å². The van der Waals surface area contributed by atoms with Gasteiger partial charge in [0.05, 0.1) is 11.1 Å². The largest absolute Gasteiger partial charge is 0.424 e. The average molecular weight is 369 g/mol.